The van der Waals surface area contributed by atoms with Crippen molar-refractivity contribution < 1.29 is 9.90 Å². The molecular formula is C11H15NO2. The molecule has 0 bridgehead atoms. The maximum Gasteiger partial charge on any atom is 0.220 e. The fraction of sp³-hybridized carbons (Fsp3) is 0.364. The predicted octanol–water partition coefficient (Wildman–Crippen LogP) is 1.25. The van der Waals surface area contributed by atoms with Gasteiger partial charge in [0.05, 0.1) is 12.6 Å². The van der Waals surface area contributed by atoms with Crippen LogP contribution >= 0.6 is 0 Å². The molecule has 2 N–H and O–H groups in total. The van der Waals surface area contributed by atoms with E-state index in [4.69, 9.17) is 5.11 Å². The van der Waals surface area contributed by atoms with Gasteiger partial charge in [0.1, 0.15) is 0 Å². The van der Waals surface area contributed by atoms with Crippen molar-refractivity contribution >= 4 is 5.91 Å². The molecule has 76 valence electrons. The Bertz CT molecular complexity index is 285. The van der Waals surface area contributed by atoms with Crippen molar-refractivity contribution in [3.8, 4) is 0 Å². The van der Waals surface area contributed by atoms with Crippen molar-refractivity contribution in [3.05, 3.63) is 35.9 Å². The number of aliphatic hydroxyl groups is 1. The lowest BCUT2D eigenvalue weighted by Crippen LogP contribution is -2.29. The van der Waals surface area contributed by atoms with Crippen LogP contribution in [0.15, 0.2) is 30.3 Å². The first-order valence-corrected chi connectivity index (χ1v) is 4.73. The standard InChI is InChI=1S/C11H15NO2/c1-2-11(14)12-10(8-13)9-6-4-3-5-7-9/h3-7,10,13H,2,8H2,1H3,(H,12,14). The molecular weight excluding hydrogens is 178 g/mol. The Hall–Kier alpha value is -1.35. The summed E-state index contributed by atoms with van der Waals surface area (Å²) in [4.78, 5) is 11.1. The number of hydrogen-bond donors (Lipinski definition) is 2. The second-order valence-electron chi connectivity index (χ2n) is 3.07. The summed E-state index contributed by atoms with van der Waals surface area (Å²) in [5, 5.41) is 11.9. The Morgan fingerprint density at radius 2 is 2.07 bits per heavy atom. The maximum atomic E-state index is 11.1. The van der Waals surface area contributed by atoms with Gasteiger partial charge in [0, 0.05) is 6.42 Å². The molecule has 3 heteroatoms. The van der Waals surface area contributed by atoms with Crippen molar-refractivity contribution in [2.75, 3.05) is 6.61 Å². The van der Waals surface area contributed by atoms with E-state index in [1.54, 1.807) is 6.92 Å². The topological polar surface area (TPSA) is 49.3 Å². The Balaban J connectivity index is 2.68. The van der Waals surface area contributed by atoms with Gasteiger partial charge in [-0.1, -0.05) is 37.3 Å². The van der Waals surface area contributed by atoms with Crippen LogP contribution in [-0.4, -0.2) is 17.6 Å². The van der Waals surface area contributed by atoms with Crippen LogP contribution in [0.5, 0.6) is 0 Å². The lowest BCUT2D eigenvalue weighted by atomic mass is 10.1. The zero-order valence-corrected chi connectivity index (χ0v) is 8.23. The van der Waals surface area contributed by atoms with Crippen LogP contribution in [0.1, 0.15) is 24.9 Å². The van der Waals surface area contributed by atoms with Gasteiger partial charge < -0.3 is 10.4 Å². The number of nitrogens with one attached hydrogen (secondary N) is 1. The Morgan fingerprint density at radius 3 is 2.57 bits per heavy atom. The number of rotatable bonds is 4. The molecule has 0 saturated carbocycles. The average molecular weight is 193 g/mol. The summed E-state index contributed by atoms with van der Waals surface area (Å²) in [6.07, 6.45) is 0.434. The third-order valence-corrected chi connectivity index (χ3v) is 2.04. The molecule has 0 aliphatic heterocycles. The van der Waals surface area contributed by atoms with Gasteiger partial charge in [-0.05, 0) is 5.56 Å². The minimum atomic E-state index is -0.288. The number of hydrogen-bond acceptors (Lipinski definition) is 2. The van der Waals surface area contributed by atoms with E-state index in [1.165, 1.54) is 0 Å². The summed E-state index contributed by atoms with van der Waals surface area (Å²) >= 11 is 0. The van der Waals surface area contributed by atoms with Gasteiger partial charge in [0.15, 0.2) is 0 Å². The van der Waals surface area contributed by atoms with Crippen molar-refractivity contribution in [2.45, 2.75) is 19.4 Å². The quantitative estimate of drug-likeness (QED) is 0.756. The van der Waals surface area contributed by atoms with Crippen LogP contribution in [0, 0.1) is 0 Å². The van der Waals surface area contributed by atoms with Gasteiger partial charge in [-0.15, -0.1) is 0 Å². The number of aliphatic hydroxyl groups excluding tert-OH is 1. The molecule has 0 fully saturated rings. The number of carbonyl (C=O) groups is 1. The van der Waals surface area contributed by atoms with Crippen LogP contribution in [0.4, 0.5) is 0 Å². The van der Waals surface area contributed by atoms with E-state index in [0.29, 0.717) is 6.42 Å². The zero-order valence-electron chi connectivity index (χ0n) is 8.23. The average Bonchev–Trinajstić information content (AvgIpc) is 2.26. The number of amides is 1. The molecule has 0 spiro atoms. The third kappa shape index (κ3) is 2.85. The fourth-order valence-corrected chi connectivity index (χ4v) is 1.22. The van der Waals surface area contributed by atoms with Gasteiger partial charge in [-0.3, -0.25) is 4.79 Å². The highest BCUT2D eigenvalue weighted by Crippen LogP contribution is 2.11. The van der Waals surface area contributed by atoms with Crippen molar-refractivity contribution in [3.63, 3.8) is 0 Å². The van der Waals surface area contributed by atoms with Crippen LogP contribution in [0.3, 0.4) is 0 Å². The minimum Gasteiger partial charge on any atom is -0.394 e. The summed E-state index contributed by atoms with van der Waals surface area (Å²) in [5.41, 5.74) is 0.928. The number of carbonyl (C=O) groups excluding carboxylic acids is 1. The third-order valence-electron chi connectivity index (χ3n) is 2.04. The van der Waals surface area contributed by atoms with E-state index >= 15 is 0 Å². The Labute approximate surface area is 83.8 Å². The lowest BCUT2D eigenvalue weighted by Gasteiger charge is -2.15. The number of benzene rings is 1. The van der Waals surface area contributed by atoms with Crippen molar-refractivity contribution in [1.82, 2.24) is 5.32 Å². The van der Waals surface area contributed by atoms with Gasteiger partial charge in [0.2, 0.25) is 5.91 Å². The van der Waals surface area contributed by atoms with Crippen LogP contribution in [0.25, 0.3) is 0 Å². The van der Waals surface area contributed by atoms with Gasteiger partial charge in [-0.25, -0.2) is 0 Å². The van der Waals surface area contributed by atoms with Crippen molar-refractivity contribution in [1.29, 1.82) is 0 Å². The fourth-order valence-electron chi connectivity index (χ4n) is 1.22. The molecule has 1 atom stereocenters. The SMILES string of the molecule is CCC(=O)NC(CO)c1ccccc1. The molecule has 0 radical (unpaired) electrons. The first-order valence-electron chi connectivity index (χ1n) is 4.73. The second kappa shape index (κ2) is 5.40. The molecule has 1 aromatic carbocycles. The highest BCUT2D eigenvalue weighted by atomic mass is 16.3. The summed E-state index contributed by atoms with van der Waals surface area (Å²) in [7, 11) is 0. The van der Waals surface area contributed by atoms with E-state index < -0.39 is 0 Å². The summed E-state index contributed by atoms with van der Waals surface area (Å²) in [6.45, 7) is 1.71. The molecule has 1 unspecified atom stereocenters. The summed E-state index contributed by atoms with van der Waals surface area (Å²) in [6, 6.07) is 9.16. The first kappa shape index (κ1) is 10.7. The molecule has 0 heterocycles. The summed E-state index contributed by atoms with van der Waals surface area (Å²) < 4.78 is 0. The molecule has 3 nitrogen and oxygen atoms in total. The molecule has 1 amide bonds. The van der Waals surface area contributed by atoms with E-state index in [0.717, 1.165) is 5.56 Å². The molecule has 14 heavy (non-hydrogen) atoms. The molecule has 1 rings (SSSR count). The van der Waals surface area contributed by atoms with Gasteiger partial charge >= 0.3 is 0 Å². The largest absolute Gasteiger partial charge is 0.394 e. The normalized spacial score (nSPS) is 12.1. The molecule has 0 aliphatic carbocycles. The molecule has 0 aliphatic rings. The molecule has 0 saturated heterocycles. The van der Waals surface area contributed by atoms with Crippen molar-refractivity contribution in [2.24, 2.45) is 0 Å². The predicted molar refractivity (Wildman–Crippen MR) is 54.7 cm³/mol. The van der Waals surface area contributed by atoms with E-state index in [2.05, 4.69) is 5.32 Å². The second-order valence-corrected chi connectivity index (χ2v) is 3.07. The van der Waals surface area contributed by atoms with Gasteiger partial charge in [0.25, 0.3) is 0 Å². The van der Waals surface area contributed by atoms with Crippen LogP contribution in [-0.2, 0) is 4.79 Å². The smallest absolute Gasteiger partial charge is 0.220 e. The molecule has 1 aromatic rings. The molecule has 0 aromatic heterocycles. The van der Waals surface area contributed by atoms with E-state index in [-0.39, 0.29) is 18.6 Å². The van der Waals surface area contributed by atoms with E-state index in [1.807, 2.05) is 30.3 Å². The zero-order chi connectivity index (χ0) is 10.4. The van der Waals surface area contributed by atoms with Crippen LogP contribution in [0.2, 0.25) is 0 Å². The first-order chi connectivity index (χ1) is 6.77. The Kier molecular flexibility index (Phi) is 4.13. The Morgan fingerprint density at radius 1 is 1.43 bits per heavy atom. The highest BCUT2D eigenvalue weighted by molar-refractivity contribution is 5.76. The monoisotopic (exact) mass is 193 g/mol. The van der Waals surface area contributed by atoms with Crippen LogP contribution < -0.4 is 5.32 Å². The minimum absolute atomic E-state index is 0.0482. The van der Waals surface area contributed by atoms with Gasteiger partial charge in [-0.2, -0.15) is 0 Å². The van der Waals surface area contributed by atoms with E-state index in [9.17, 15) is 4.79 Å². The lowest BCUT2D eigenvalue weighted by molar-refractivity contribution is -0.121. The highest BCUT2D eigenvalue weighted by Gasteiger charge is 2.11. The maximum absolute atomic E-state index is 11.1. The summed E-state index contributed by atoms with van der Waals surface area (Å²) in [5.74, 6) is -0.0482.